The smallest absolute Gasteiger partial charge is 0.217 e. The molecule has 0 aromatic heterocycles. The normalized spacial score (nSPS) is 47.8. The molecule has 51 heavy (non-hydrogen) atoms. The zero-order valence-electron chi connectivity index (χ0n) is 27.4. The van der Waals surface area contributed by atoms with Gasteiger partial charge in [-0.25, -0.2) is 0 Å². The number of carbonyl (C=O) groups is 2. The summed E-state index contributed by atoms with van der Waals surface area (Å²) >= 11 is 0. The van der Waals surface area contributed by atoms with Crippen molar-refractivity contribution in [3.63, 3.8) is 0 Å². The molecule has 4 aliphatic heterocycles. The van der Waals surface area contributed by atoms with Gasteiger partial charge in [0.1, 0.15) is 97.5 Å². The van der Waals surface area contributed by atoms with Crippen molar-refractivity contribution in [2.75, 3.05) is 26.4 Å². The maximum Gasteiger partial charge on any atom is 0.217 e. The summed E-state index contributed by atoms with van der Waals surface area (Å²) in [5.41, 5.74) is 0. The van der Waals surface area contributed by atoms with Crippen molar-refractivity contribution < 1.29 is 104 Å². The monoisotopic (exact) mass is 748 g/mol. The molecule has 2 amide bonds. The number of amides is 2. The van der Waals surface area contributed by atoms with Crippen molar-refractivity contribution in [3.05, 3.63) is 0 Å². The molecular weight excluding hydrogens is 700 g/mol. The fourth-order valence-electron chi connectivity index (χ4n) is 6.35. The Kier molecular flexibility index (Phi) is 14.8. The molecule has 0 aromatic carbocycles. The zero-order valence-corrected chi connectivity index (χ0v) is 27.4. The van der Waals surface area contributed by atoms with E-state index < -0.39 is 161 Å². The molecule has 0 radical (unpaired) electrons. The van der Waals surface area contributed by atoms with Crippen LogP contribution in [0.4, 0.5) is 0 Å². The van der Waals surface area contributed by atoms with Crippen LogP contribution in [0.15, 0.2) is 0 Å². The fraction of sp³-hybridized carbons (Fsp3) is 0.929. The number of hydrogen-bond acceptors (Lipinski definition) is 21. The van der Waals surface area contributed by atoms with E-state index in [1.807, 2.05) is 0 Å². The first-order valence-corrected chi connectivity index (χ1v) is 16.1. The molecule has 4 heterocycles. The summed E-state index contributed by atoms with van der Waals surface area (Å²) in [6.07, 6.45) is -31.7. The van der Waals surface area contributed by atoms with Gasteiger partial charge in [-0.2, -0.15) is 0 Å². The first-order valence-electron chi connectivity index (χ1n) is 16.1. The van der Waals surface area contributed by atoms with E-state index in [4.69, 9.17) is 33.2 Å². The van der Waals surface area contributed by atoms with Crippen LogP contribution >= 0.6 is 0 Å². The number of ether oxygens (including phenoxy) is 7. The predicted octanol–water partition coefficient (Wildman–Crippen LogP) is -9.46. The number of carbonyl (C=O) groups excluding carboxylic acids is 2. The molecule has 0 bridgehead atoms. The van der Waals surface area contributed by atoms with Crippen LogP contribution in [0.3, 0.4) is 0 Å². The van der Waals surface area contributed by atoms with Crippen molar-refractivity contribution in [1.82, 2.24) is 10.6 Å². The molecule has 23 heteroatoms. The van der Waals surface area contributed by atoms with Gasteiger partial charge in [-0.3, -0.25) is 9.59 Å². The van der Waals surface area contributed by atoms with E-state index in [9.17, 15) is 70.9 Å². The maximum absolute atomic E-state index is 12.4. The lowest BCUT2D eigenvalue weighted by Gasteiger charge is -2.50. The molecule has 0 aliphatic carbocycles. The Hall–Kier alpha value is -1.82. The molecule has 0 aromatic rings. The average Bonchev–Trinajstić information content (AvgIpc) is 3.09. The minimum absolute atomic E-state index is 0.702. The Morgan fingerprint density at radius 3 is 1.43 bits per heavy atom. The standard InChI is InChI=1S/C28H48N2O21/c1-7(35)29-13-18(40)15(37)9(3-31)46-26(13)50-23-14(30-8(2)36)27(47-10(4-32)16(23)38)51-24-17(39)11(5-33)48-28(21(24)43)49-22-12(6-34)45-25(44)20(42)19(22)41/h9-28,31-34,37-44H,3-6H2,1-2H3,(H,29,35)(H,30,36)/t9-,10-,11-,12-,13-,14-,15+,16+,17+,18-,19-,20-,21-,22+,23-,24+,25-,26-,27+,28-/m1/s1. The predicted molar refractivity (Wildman–Crippen MR) is 157 cm³/mol. The summed E-state index contributed by atoms with van der Waals surface area (Å²) in [5, 5.41) is 129. The summed E-state index contributed by atoms with van der Waals surface area (Å²) in [6, 6.07) is -3.12. The van der Waals surface area contributed by atoms with Crippen LogP contribution in [0.1, 0.15) is 13.8 Å². The Labute approximate surface area is 289 Å². The molecule has 4 saturated heterocycles. The van der Waals surface area contributed by atoms with E-state index in [-0.39, 0.29) is 0 Å². The molecule has 4 rings (SSSR count). The van der Waals surface area contributed by atoms with Gasteiger partial charge in [0.25, 0.3) is 0 Å². The van der Waals surface area contributed by atoms with Crippen molar-refractivity contribution >= 4 is 11.8 Å². The van der Waals surface area contributed by atoms with Crippen LogP contribution in [0, 0.1) is 0 Å². The summed E-state index contributed by atoms with van der Waals surface area (Å²) in [4.78, 5) is 24.4. The molecule has 23 nitrogen and oxygen atoms in total. The average molecular weight is 749 g/mol. The van der Waals surface area contributed by atoms with Crippen molar-refractivity contribution in [2.24, 2.45) is 0 Å². The highest BCUT2D eigenvalue weighted by Gasteiger charge is 2.56. The summed E-state index contributed by atoms with van der Waals surface area (Å²) < 4.78 is 39.3. The highest BCUT2D eigenvalue weighted by molar-refractivity contribution is 5.73. The van der Waals surface area contributed by atoms with Crippen LogP contribution in [0.2, 0.25) is 0 Å². The topological polar surface area (TPSA) is 366 Å². The van der Waals surface area contributed by atoms with Crippen LogP contribution < -0.4 is 10.6 Å². The maximum atomic E-state index is 12.4. The Balaban J connectivity index is 1.64. The van der Waals surface area contributed by atoms with E-state index in [0.717, 1.165) is 13.8 Å². The molecule has 0 spiro atoms. The Morgan fingerprint density at radius 2 is 0.902 bits per heavy atom. The minimum Gasteiger partial charge on any atom is -0.394 e. The van der Waals surface area contributed by atoms with Crippen LogP contribution in [0.5, 0.6) is 0 Å². The number of rotatable bonds is 12. The van der Waals surface area contributed by atoms with Gasteiger partial charge in [0.2, 0.25) is 11.8 Å². The summed E-state index contributed by atoms with van der Waals surface area (Å²) in [7, 11) is 0. The second-order valence-electron chi connectivity index (χ2n) is 12.6. The van der Waals surface area contributed by atoms with Gasteiger partial charge in [0.05, 0.1) is 26.4 Å². The van der Waals surface area contributed by atoms with Crippen LogP contribution in [0.25, 0.3) is 0 Å². The third-order valence-corrected chi connectivity index (χ3v) is 9.01. The fourth-order valence-corrected chi connectivity index (χ4v) is 6.35. The number of hydrogen-bond donors (Lipinski definition) is 14. The van der Waals surface area contributed by atoms with Gasteiger partial charge >= 0.3 is 0 Å². The summed E-state index contributed by atoms with van der Waals surface area (Å²) in [6.45, 7) is -1.34. The van der Waals surface area contributed by atoms with Gasteiger partial charge in [-0.15, -0.1) is 0 Å². The van der Waals surface area contributed by atoms with Gasteiger partial charge in [0.15, 0.2) is 25.2 Å². The van der Waals surface area contributed by atoms with Crippen molar-refractivity contribution in [1.29, 1.82) is 0 Å². The third kappa shape index (κ3) is 9.11. The Bertz CT molecular complexity index is 1140. The highest BCUT2D eigenvalue weighted by Crippen LogP contribution is 2.34. The van der Waals surface area contributed by atoms with E-state index in [1.54, 1.807) is 0 Å². The molecule has 14 N–H and O–H groups in total. The SMILES string of the molecule is CC(=O)N[C@H]1[C@@H](O[C@H]2[C@@H](O)[C@@H](CO)O[C@@H](O[C@H]3[C@@H](O)[C@@H](CO)O[C@H](O[C@@H]4[C@H](O)[C@@H](O)[C@H](O)O[C@@H]4CO)[C@@H]3O)[C@@H]2NC(C)=O)O[C@H](CO)[C@H](O)[C@@H]1O. The highest BCUT2D eigenvalue weighted by atomic mass is 16.8. The van der Waals surface area contributed by atoms with Gasteiger partial charge < -0.3 is 105 Å². The lowest BCUT2D eigenvalue weighted by atomic mass is 9.93. The first kappa shape index (κ1) is 41.9. The van der Waals surface area contributed by atoms with Crippen LogP contribution in [-0.4, -0.2) is 222 Å². The second kappa shape index (κ2) is 18.0. The molecule has 296 valence electrons. The van der Waals surface area contributed by atoms with Crippen LogP contribution in [-0.2, 0) is 42.7 Å². The largest absolute Gasteiger partial charge is 0.394 e. The minimum atomic E-state index is -2.05. The van der Waals surface area contributed by atoms with E-state index in [1.165, 1.54) is 0 Å². The first-order chi connectivity index (χ1) is 24.1. The third-order valence-electron chi connectivity index (χ3n) is 9.01. The quantitative estimate of drug-likeness (QED) is 0.0881. The van der Waals surface area contributed by atoms with E-state index in [0.29, 0.717) is 0 Å². The van der Waals surface area contributed by atoms with Crippen molar-refractivity contribution in [3.8, 4) is 0 Å². The van der Waals surface area contributed by atoms with E-state index in [2.05, 4.69) is 10.6 Å². The second-order valence-corrected chi connectivity index (χ2v) is 12.6. The molecule has 0 saturated carbocycles. The van der Waals surface area contributed by atoms with E-state index >= 15 is 0 Å². The Morgan fingerprint density at radius 1 is 0.471 bits per heavy atom. The molecule has 0 unspecified atom stereocenters. The molecule has 20 atom stereocenters. The lowest BCUT2D eigenvalue weighted by molar-refractivity contribution is -0.377. The summed E-state index contributed by atoms with van der Waals surface area (Å²) in [5.74, 6) is -1.47. The van der Waals surface area contributed by atoms with Gasteiger partial charge in [-0.05, 0) is 0 Å². The lowest BCUT2D eigenvalue weighted by Crippen LogP contribution is -2.71. The zero-order chi connectivity index (χ0) is 37.9. The van der Waals surface area contributed by atoms with Crippen molar-refractivity contribution in [2.45, 2.75) is 137 Å². The number of nitrogens with one attached hydrogen (secondary N) is 2. The molecule has 4 fully saturated rings. The van der Waals surface area contributed by atoms with Gasteiger partial charge in [-0.1, -0.05) is 0 Å². The molecule has 4 aliphatic rings. The number of aliphatic hydroxyl groups excluding tert-OH is 12. The molecular formula is C28H48N2O21. The number of aliphatic hydroxyl groups is 12. The van der Waals surface area contributed by atoms with Gasteiger partial charge in [0, 0.05) is 13.8 Å².